The van der Waals surface area contributed by atoms with Crippen molar-refractivity contribution in [1.82, 2.24) is 14.9 Å². The standard InChI is InChI=1S/C30H29N5O5/c31-24-18-33-29(23-12-5-2-6-13-23)34(30(24)40)20-27(38)32-19-26(37)25(36)14-9-17-35(16-8-7-15-28(35)39)21-22-10-3-1-4-11-22/h1-8,10-13,15-16,18H,9,14,17,19-21,31H2/p+1. The summed E-state index contributed by atoms with van der Waals surface area (Å²) in [5.74, 6) is -1.89. The van der Waals surface area contributed by atoms with Crippen molar-refractivity contribution >= 4 is 29.1 Å². The number of benzene rings is 2. The van der Waals surface area contributed by atoms with Crippen LogP contribution in [-0.4, -0.2) is 50.5 Å². The van der Waals surface area contributed by atoms with Crippen molar-refractivity contribution in [3.8, 4) is 11.4 Å². The highest BCUT2D eigenvalue weighted by Crippen LogP contribution is 2.22. The summed E-state index contributed by atoms with van der Waals surface area (Å²) in [5, 5.41) is 2.41. The van der Waals surface area contributed by atoms with Gasteiger partial charge in [-0.25, -0.2) is 14.3 Å². The Labute approximate surface area is 231 Å². The number of amides is 2. The van der Waals surface area contributed by atoms with Gasteiger partial charge in [-0.2, -0.15) is 0 Å². The predicted molar refractivity (Wildman–Crippen MR) is 149 cm³/mol. The van der Waals surface area contributed by atoms with Gasteiger partial charge in [0.15, 0.2) is 0 Å². The number of Topliss-reactive ketones (excluding diaryl/α,β-unsaturated/α-hetero) is 2. The van der Waals surface area contributed by atoms with E-state index in [4.69, 9.17) is 5.73 Å². The van der Waals surface area contributed by atoms with E-state index in [0.717, 1.165) is 10.1 Å². The van der Waals surface area contributed by atoms with E-state index in [1.807, 2.05) is 36.4 Å². The van der Waals surface area contributed by atoms with Crippen molar-refractivity contribution in [1.29, 1.82) is 0 Å². The molecule has 1 atom stereocenters. The molecule has 2 heterocycles. The maximum Gasteiger partial charge on any atom is 0.343 e. The second-order valence-electron chi connectivity index (χ2n) is 9.46. The number of ketones is 2. The number of nitrogens with two attached hydrogens (primary N) is 1. The molecule has 0 saturated heterocycles. The number of rotatable bonds is 12. The molecular formula is C30H30N5O5+. The van der Waals surface area contributed by atoms with E-state index in [9.17, 15) is 24.0 Å². The van der Waals surface area contributed by atoms with Crippen LogP contribution in [-0.2, 0) is 32.3 Å². The fourth-order valence-corrected chi connectivity index (χ4v) is 4.49. The zero-order chi connectivity index (χ0) is 28.5. The highest BCUT2D eigenvalue weighted by Gasteiger charge is 2.34. The van der Waals surface area contributed by atoms with Gasteiger partial charge in [0.2, 0.25) is 17.5 Å². The van der Waals surface area contributed by atoms with Crippen molar-refractivity contribution in [2.45, 2.75) is 25.9 Å². The Morgan fingerprint density at radius 1 is 0.925 bits per heavy atom. The van der Waals surface area contributed by atoms with Crippen LogP contribution in [0.15, 0.2) is 96.1 Å². The third kappa shape index (κ3) is 6.72. The summed E-state index contributed by atoms with van der Waals surface area (Å²) in [6, 6.07) is 18.4. The average Bonchev–Trinajstić information content (AvgIpc) is 2.97. The number of aromatic nitrogens is 2. The summed E-state index contributed by atoms with van der Waals surface area (Å²) < 4.78 is 1.14. The molecule has 4 rings (SSSR count). The van der Waals surface area contributed by atoms with Crippen molar-refractivity contribution in [3.05, 3.63) is 107 Å². The topological polar surface area (TPSA) is 141 Å². The second kappa shape index (κ2) is 12.7. The first-order valence-electron chi connectivity index (χ1n) is 12.8. The first-order valence-corrected chi connectivity index (χ1v) is 12.8. The molecule has 2 amide bonds. The van der Waals surface area contributed by atoms with E-state index in [-0.39, 0.29) is 28.3 Å². The van der Waals surface area contributed by atoms with Crippen molar-refractivity contribution in [2.75, 3.05) is 18.8 Å². The number of carbonyl (C=O) groups excluding carboxylic acids is 4. The predicted octanol–water partition coefficient (Wildman–Crippen LogP) is 2.15. The molecule has 204 valence electrons. The monoisotopic (exact) mass is 540 g/mol. The van der Waals surface area contributed by atoms with Crippen LogP contribution in [0.2, 0.25) is 0 Å². The lowest BCUT2D eigenvalue weighted by molar-refractivity contribution is -0.815. The third-order valence-corrected chi connectivity index (χ3v) is 6.59. The molecule has 1 aliphatic heterocycles. The van der Waals surface area contributed by atoms with Gasteiger partial charge in [0.05, 0.1) is 19.3 Å². The molecule has 0 aliphatic carbocycles. The summed E-state index contributed by atoms with van der Waals surface area (Å²) in [6.07, 6.45) is 8.27. The molecule has 0 spiro atoms. The molecular weight excluding hydrogens is 510 g/mol. The van der Waals surface area contributed by atoms with Gasteiger partial charge in [-0.15, -0.1) is 0 Å². The number of hydrogen-bond acceptors (Lipinski definition) is 7. The Morgan fingerprint density at radius 3 is 2.33 bits per heavy atom. The molecule has 1 unspecified atom stereocenters. The first kappa shape index (κ1) is 28.1. The number of quaternary nitrogens is 1. The molecule has 3 aromatic rings. The van der Waals surface area contributed by atoms with E-state index in [2.05, 4.69) is 10.3 Å². The molecule has 1 aromatic heterocycles. The van der Waals surface area contributed by atoms with Gasteiger partial charge in [-0.3, -0.25) is 23.7 Å². The number of nitrogens with zero attached hydrogens (tertiary/aromatic N) is 3. The third-order valence-electron chi connectivity index (χ3n) is 6.59. The van der Waals surface area contributed by atoms with Crippen LogP contribution in [0.4, 0.5) is 5.69 Å². The number of nitrogens with one attached hydrogen (secondary N) is 1. The summed E-state index contributed by atoms with van der Waals surface area (Å²) in [6.45, 7) is -0.159. The molecule has 10 nitrogen and oxygen atoms in total. The Hall–Kier alpha value is -4.96. The number of anilines is 1. The van der Waals surface area contributed by atoms with Crippen LogP contribution in [0.5, 0.6) is 0 Å². The Balaban J connectivity index is 1.32. The van der Waals surface area contributed by atoms with Crippen LogP contribution >= 0.6 is 0 Å². The van der Waals surface area contributed by atoms with Crippen molar-refractivity contribution in [2.24, 2.45) is 0 Å². The average molecular weight is 541 g/mol. The fourth-order valence-electron chi connectivity index (χ4n) is 4.49. The van der Waals surface area contributed by atoms with E-state index in [1.54, 1.807) is 42.6 Å². The maximum absolute atomic E-state index is 12.8. The molecule has 0 fully saturated rings. The molecule has 0 bridgehead atoms. The number of nitrogen functional groups attached to an aromatic ring is 1. The number of hydrogen-bond donors (Lipinski definition) is 2. The van der Waals surface area contributed by atoms with E-state index >= 15 is 0 Å². The fraction of sp³-hybridized carbons (Fsp3) is 0.200. The molecule has 2 aromatic carbocycles. The van der Waals surface area contributed by atoms with Gasteiger partial charge >= 0.3 is 5.91 Å². The van der Waals surface area contributed by atoms with Gasteiger partial charge in [-0.05, 0) is 12.2 Å². The largest absolute Gasteiger partial charge is 0.393 e. The van der Waals surface area contributed by atoms with Gasteiger partial charge in [0.25, 0.3) is 5.56 Å². The lowest BCUT2D eigenvalue weighted by atomic mass is 10.1. The molecule has 40 heavy (non-hydrogen) atoms. The molecule has 10 heteroatoms. The van der Waals surface area contributed by atoms with Crippen LogP contribution in [0.25, 0.3) is 11.4 Å². The minimum Gasteiger partial charge on any atom is -0.393 e. The normalized spacial score (nSPS) is 16.1. The summed E-state index contributed by atoms with van der Waals surface area (Å²) in [5.41, 5.74) is 6.59. The first-order chi connectivity index (χ1) is 19.3. The van der Waals surface area contributed by atoms with Crippen LogP contribution in [0, 0.1) is 0 Å². The van der Waals surface area contributed by atoms with E-state index in [1.165, 1.54) is 12.3 Å². The lowest BCUT2D eigenvalue weighted by Crippen LogP contribution is -2.48. The minimum atomic E-state index is -0.760. The molecule has 1 aliphatic rings. The van der Waals surface area contributed by atoms with Crippen LogP contribution in [0.1, 0.15) is 18.4 Å². The minimum absolute atomic E-state index is 0.0193. The van der Waals surface area contributed by atoms with Crippen LogP contribution in [0.3, 0.4) is 0 Å². The zero-order valence-corrected chi connectivity index (χ0v) is 21.9. The van der Waals surface area contributed by atoms with Gasteiger partial charge in [0, 0.05) is 30.0 Å². The molecule has 3 N–H and O–H groups in total. The summed E-state index contributed by atoms with van der Waals surface area (Å²) in [7, 11) is 0. The highest BCUT2D eigenvalue weighted by atomic mass is 16.2. The lowest BCUT2D eigenvalue weighted by Gasteiger charge is -2.32. The summed E-state index contributed by atoms with van der Waals surface area (Å²) >= 11 is 0. The van der Waals surface area contributed by atoms with Crippen LogP contribution < -0.4 is 16.6 Å². The quantitative estimate of drug-likeness (QED) is 0.265. The van der Waals surface area contributed by atoms with Gasteiger partial charge in [0.1, 0.15) is 30.8 Å². The van der Waals surface area contributed by atoms with E-state index < -0.39 is 36.1 Å². The number of allylic oxidation sites excluding steroid dienone is 2. The van der Waals surface area contributed by atoms with Gasteiger partial charge in [-0.1, -0.05) is 60.7 Å². The van der Waals surface area contributed by atoms with E-state index in [0.29, 0.717) is 25.1 Å². The molecule has 0 radical (unpaired) electrons. The second-order valence-corrected chi connectivity index (χ2v) is 9.46. The highest BCUT2D eigenvalue weighted by molar-refractivity contribution is 6.38. The number of carbonyl (C=O) groups is 4. The Kier molecular flexibility index (Phi) is 8.93. The van der Waals surface area contributed by atoms with Crippen molar-refractivity contribution in [3.63, 3.8) is 0 Å². The maximum atomic E-state index is 12.8. The Bertz CT molecular complexity index is 1530. The Morgan fingerprint density at radius 2 is 1.62 bits per heavy atom. The van der Waals surface area contributed by atoms with Crippen molar-refractivity contribution < 1.29 is 23.7 Å². The zero-order valence-electron chi connectivity index (χ0n) is 21.9. The van der Waals surface area contributed by atoms with Gasteiger partial charge < -0.3 is 11.1 Å². The SMILES string of the molecule is Nc1cnc(-c2ccccc2)n(CC(=O)NCC(=O)C(=O)CCC[N+]2(Cc3ccccc3)C=CC=CC2=O)c1=O. The summed E-state index contributed by atoms with van der Waals surface area (Å²) in [4.78, 5) is 67.2. The smallest absolute Gasteiger partial charge is 0.343 e. The molecule has 0 saturated carbocycles.